The van der Waals surface area contributed by atoms with Gasteiger partial charge in [0.1, 0.15) is 0 Å². The first-order valence-corrected chi connectivity index (χ1v) is 7.93. The van der Waals surface area contributed by atoms with Crippen molar-refractivity contribution in [2.75, 3.05) is 17.2 Å². The third-order valence-electron chi connectivity index (χ3n) is 2.92. The molecule has 0 radical (unpaired) electrons. The Morgan fingerprint density at radius 3 is 2.23 bits per heavy atom. The predicted molar refractivity (Wildman–Crippen MR) is 92.8 cm³/mol. The summed E-state index contributed by atoms with van der Waals surface area (Å²) in [6.45, 7) is 0. The molecule has 0 aliphatic rings. The van der Waals surface area contributed by atoms with Crippen LogP contribution in [0.3, 0.4) is 0 Å². The van der Waals surface area contributed by atoms with E-state index in [1.54, 1.807) is 24.3 Å². The Morgan fingerprint density at radius 2 is 1.64 bits per heavy atom. The smallest absolute Gasteiger partial charge is 0.221 e. The van der Waals surface area contributed by atoms with Gasteiger partial charge in [-0.2, -0.15) is 0 Å². The van der Waals surface area contributed by atoms with Crippen molar-refractivity contribution in [2.24, 2.45) is 0 Å². The largest absolute Gasteiger partial charge is 0.398 e. The Morgan fingerprint density at radius 1 is 1.05 bits per heavy atom. The van der Waals surface area contributed by atoms with Crippen LogP contribution >= 0.6 is 35.0 Å². The highest BCUT2D eigenvalue weighted by Crippen LogP contribution is 2.29. The SMILES string of the molecule is Nc1ccccc1C(=O)SCC(=O)c1cc(Cl)c(N)c(Cl)c1. The average Bonchev–Trinajstić information content (AvgIpc) is 2.49. The lowest BCUT2D eigenvalue weighted by Gasteiger charge is -2.06. The van der Waals surface area contributed by atoms with Gasteiger partial charge in [-0.05, 0) is 24.3 Å². The van der Waals surface area contributed by atoms with Crippen LogP contribution in [0.2, 0.25) is 10.0 Å². The lowest BCUT2D eigenvalue weighted by molar-refractivity contribution is 0.101. The standard InChI is InChI=1S/C15H12Cl2N2O2S/c16-10-5-8(6-11(17)14(10)19)13(20)7-22-15(21)9-3-1-2-4-12(9)18/h1-6H,7,18-19H2. The van der Waals surface area contributed by atoms with Gasteiger partial charge in [-0.1, -0.05) is 47.1 Å². The van der Waals surface area contributed by atoms with Gasteiger partial charge in [-0.3, -0.25) is 9.59 Å². The number of nitrogen functional groups attached to an aromatic ring is 2. The quantitative estimate of drug-likeness (QED) is 0.641. The Balaban J connectivity index is 2.07. The van der Waals surface area contributed by atoms with E-state index in [-0.39, 0.29) is 32.4 Å². The number of thioether (sulfide) groups is 1. The van der Waals surface area contributed by atoms with Crippen molar-refractivity contribution in [3.63, 3.8) is 0 Å². The van der Waals surface area contributed by atoms with E-state index in [0.717, 1.165) is 11.8 Å². The molecule has 2 aromatic carbocycles. The Bertz CT molecular complexity index is 727. The number of hydrogen-bond donors (Lipinski definition) is 2. The van der Waals surface area contributed by atoms with Crippen molar-refractivity contribution >= 4 is 57.2 Å². The second-order valence-electron chi connectivity index (χ2n) is 4.44. The fraction of sp³-hybridized carbons (Fsp3) is 0.0667. The zero-order chi connectivity index (χ0) is 16.3. The van der Waals surface area contributed by atoms with Crippen molar-refractivity contribution in [1.82, 2.24) is 0 Å². The van der Waals surface area contributed by atoms with E-state index in [1.807, 2.05) is 0 Å². The molecule has 0 spiro atoms. The van der Waals surface area contributed by atoms with Gasteiger partial charge >= 0.3 is 0 Å². The topological polar surface area (TPSA) is 86.2 Å². The molecule has 0 fully saturated rings. The van der Waals surface area contributed by atoms with Crippen LogP contribution in [-0.2, 0) is 0 Å². The van der Waals surface area contributed by atoms with E-state index in [0.29, 0.717) is 16.8 Å². The molecule has 2 aromatic rings. The molecular formula is C15H12Cl2N2O2S. The number of anilines is 2. The van der Waals surface area contributed by atoms with Gasteiger partial charge < -0.3 is 11.5 Å². The summed E-state index contributed by atoms with van der Waals surface area (Å²) in [5.41, 5.74) is 12.6. The van der Waals surface area contributed by atoms with E-state index in [2.05, 4.69) is 0 Å². The van der Waals surface area contributed by atoms with Gasteiger partial charge in [-0.25, -0.2) is 0 Å². The van der Waals surface area contributed by atoms with E-state index in [9.17, 15) is 9.59 Å². The van der Waals surface area contributed by atoms with Gasteiger partial charge in [0, 0.05) is 11.3 Å². The Hall–Kier alpha value is -1.69. The molecular weight excluding hydrogens is 343 g/mol. The monoisotopic (exact) mass is 354 g/mol. The number of para-hydroxylation sites is 1. The minimum absolute atomic E-state index is 0.0380. The summed E-state index contributed by atoms with van der Waals surface area (Å²) >= 11 is 12.7. The van der Waals surface area contributed by atoms with Crippen molar-refractivity contribution in [3.8, 4) is 0 Å². The van der Waals surface area contributed by atoms with Crippen LogP contribution in [-0.4, -0.2) is 16.7 Å². The summed E-state index contributed by atoms with van der Waals surface area (Å²) in [5.74, 6) is -0.305. The first-order valence-electron chi connectivity index (χ1n) is 6.19. The van der Waals surface area contributed by atoms with Gasteiger partial charge in [0.15, 0.2) is 5.78 Å². The number of Topliss-reactive ketones (excluding diaryl/α,β-unsaturated/α-hetero) is 1. The molecule has 0 aliphatic carbocycles. The van der Waals surface area contributed by atoms with E-state index < -0.39 is 0 Å². The molecule has 0 saturated carbocycles. The maximum atomic E-state index is 12.1. The molecule has 4 nitrogen and oxygen atoms in total. The molecule has 7 heteroatoms. The number of carbonyl (C=O) groups excluding carboxylic acids is 2. The number of benzene rings is 2. The summed E-state index contributed by atoms with van der Waals surface area (Å²) in [4.78, 5) is 24.2. The number of hydrogen-bond acceptors (Lipinski definition) is 5. The van der Waals surface area contributed by atoms with Crippen molar-refractivity contribution in [1.29, 1.82) is 0 Å². The minimum Gasteiger partial charge on any atom is -0.398 e. The third-order valence-corrected chi connectivity index (χ3v) is 4.43. The Kier molecular flexibility index (Phi) is 5.34. The van der Waals surface area contributed by atoms with Crippen LogP contribution in [0.1, 0.15) is 20.7 Å². The van der Waals surface area contributed by atoms with E-state index in [1.165, 1.54) is 12.1 Å². The van der Waals surface area contributed by atoms with Crippen LogP contribution in [0, 0.1) is 0 Å². The van der Waals surface area contributed by atoms with Crippen molar-refractivity contribution < 1.29 is 9.59 Å². The molecule has 0 aromatic heterocycles. The first kappa shape index (κ1) is 16.7. The molecule has 2 rings (SSSR count). The maximum Gasteiger partial charge on any atom is 0.221 e. The molecule has 4 N–H and O–H groups in total. The summed E-state index contributed by atoms with van der Waals surface area (Å²) < 4.78 is 0. The summed E-state index contributed by atoms with van der Waals surface area (Å²) in [5, 5.41) is 0.151. The number of rotatable bonds is 4. The zero-order valence-electron chi connectivity index (χ0n) is 11.3. The lowest BCUT2D eigenvalue weighted by Crippen LogP contribution is -2.07. The van der Waals surface area contributed by atoms with Crippen LogP contribution in [0.25, 0.3) is 0 Å². The molecule has 22 heavy (non-hydrogen) atoms. The highest BCUT2D eigenvalue weighted by Gasteiger charge is 2.15. The van der Waals surface area contributed by atoms with Crippen LogP contribution < -0.4 is 11.5 Å². The number of nitrogens with two attached hydrogens (primary N) is 2. The lowest BCUT2D eigenvalue weighted by atomic mass is 10.1. The first-order chi connectivity index (χ1) is 10.4. The number of ketones is 1. The molecule has 114 valence electrons. The summed E-state index contributed by atoms with van der Waals surface area (Å²) in [7, 11) is 0. The molecule has 0 heterocycles. The van der Waals surface area contributed by atoms with Crippen LogP contribution in [0.4, 0.5) is 11.4 Å². The van der Waals surface area contributed by atoms with E-state index >= 15 is 0 Å². The highest BCUT2D eigenvalue weighted by molar-refractivity contribution is 8.14. The number of halogens is 2. The second-order valence-corrected chi connectivity index (χ2v) is 6.20. The van der Waals surface area contributed by atoms with Gasteiger partial charge in [-0.15, -0.1) is 0 Å². The summed E-state index contributed by atoms with van der Waals surface area (Å²) in [6.07, 6.45) is 0. The van der Waals surface area contributed by atoms with Crippen LogP contribution in [0.15, 0.2) is 36.4 Å². The van der Waals surface area contributed by atoms with Gasteiger partial charge in [0.05, 0.1) is 27.0 Å². The molecule has 0 aliphatic heterocycles. The predicted octanol–water partition coefficient (Wildman–Crippen LogP) is 3.91. The summed E-state index contributed by atoms with van der Waals surface area (Å²) in [6, 6.07) is 9.58. The van der Waals surface area contributed by atoms with Crippen LogP contribution in [0.5, 0.6) is 0 Å². The molecule has 0 bridgehead atoms. The molecule has 0 amide bonds. The second kappa shape index (κ2) is 7.05. The normalized spacial score (nSPS) is 10.5. The third kappa shape index (κ3) is 3.74. The minimum atomic E-state index is -0.267. The van der Waals surface area contributed by atoms with Gasteiger partial charge in [0.2, 0.25) is 5.12 Å². The molecule has 0 atom stereocenters. The van der Waals surface area contributed by atoms with Gasteiger partial charge in [0.25, 0.3) is 0 Å². The molecule has 0 unspecified atom stereocenters. The highest BCUT2D eigenvalue weighted by atomic mass is 35.5. The van der Waals surface area contributed by atoms with Crippen molar-refractivity contribution in [2.45, 2.75) is 0 Å². The maximum absolute atomic E-state index is 12.1. The Labute approximate surface area is 141 Å². The van der Waals surface area contributed by atoms with Crippen molar-refractivity contribution in [3.05, 3.63) is 57.6 Å². The average molecular weight is 355 g/mol. The van der Waals surface area contributed by atoms with E-state index in [4.69, 9.17) is 34.7 Å². The fourth-order valence-electron chi connectivity index (χ4n) is 1.72. The zero-order valence-corrected chi connectivity index (χ0v) is 13.6. The fourth-order valence-corrected chi connectivity index (χ4v) is 2.98. The molecule has 0 saturated heterocycles. The number of carbonyl (C=O) groups is 2.